The van der Waals surface area contributed by atoms with Gasteiger partial charge in [0, 0.05) is 18.1 Å². The first-order chi connectivity index (χ1) is 11.5. The zero-order valence-electron chi connectivity index (χ0n) is 12.7. The molecule has 1 aromatic carbocycles. The van der Waals surface area contributed by atoms with Gasteiger partial charge in [-0.25, -0.2) is 0 Å². The summed E-state index contributed by atoms with van der Waals surface area (Å²) in [4.78, 5) is 25.5. The highest BCUT2D eigenvalue weighted by Crippen LogP contribution is 2.27. The molecule has 0 bridgehead atoms. The average molecular weight is 368 g/mol. The van der Waals surface area contributed by atoms with Gasteiger partial charge in [-0.3, -0.25) is 9.59 Å². The highest BCUT2D eigenvalue weighted by molar-refractivity contribution is 6.33. The lowest BCUT2D eigenvalue weighted by molar-refractivity contribution is -0.141. The number of carboxylic acid groups (broad SMARTS) is 1. The molecule has 1 atom stereocenters. The Balaban J connectivity index is 1.94. The predicted molar refractivity (Wildman–Crippen MR) is 92.4 cm³/mol. The number of hydrogen-bond donors (Lipinski definition) is 1. The zero-order valence-corrected chi connectivity index (χ0v) is 14.2. The smallest absolute Gasteiger partial charge is 0.308 e. The Hall–Kier alpha value is -2.05. The van der Waals surface area contributed by atoms with Crippen LogP contribution in [0.3, 0.4) is 0 Å². The number of nitrogens with zero attached hydrogens (tertiary/aromatic N) is 3. The van der Waals surface area contributed by atoms with Crippen molar-refractivity contribution in [2.24, 2.45) is 5.92 Å². The molecule has 24 heavy (non-hydrogen) atoms. The van der Waals surface area contributed by atoms with E-state index < -0.39 is 17.4 Å². The molecule has 2 heterocycles. The van der Waals surface area contributed by atoms with Crippen LogP contribution in [0.5, 0.6) is 0 Å². The Morgan fingerprint density at radius 1 is 1.25 bits per heavy atom. The molecule has 0 saturated carbocycles. The summed E-state index contributed by atoms with van der Waals surface area (Å²) < 4.78 is 1.20. The topological polar surface area (TPSA) is 75.4 Å². The molecule has 6 nitrogen and oxygen atoms in total. The Morgan fingerprint density at radius 3 is 2.62 bits per heavy atom. The lowest BCUT2D eigenvalue weighted by Crippen LogP contribution is -2.40. The molecule has 1 aliphatic heterocycles. The summed E-state index contributed by atoms with van der Waals surface area (Å²) in [5, 5.41) is 14.0. The van der Waals surface area contributed by atoms with E-state index in [0.29, 0.717) is 35.9 Å². The highest BCUT2D eigenvalue weighted by atomic mass is 35.5. The van der Waals surface area contributed by atoms with Gasteiger partial charge in [-0.15, -0.1) is 0 Å². The molecule has 0 amide bonds. The van der Waals surface area contributed by atoms with E-state index in [1.165, 1.54) is 10.9 Å². The van der Waals surface area contributed by atoms with Gasteiger partial charge in [-0.05, 0) is 37.1 Å². The molecule has 1 unspecified atom stereocenters. The van der Waals surface area contributed by atoms with Crippen molar-refractivity contribution < 1.29 is 9.90 Å². The summed E-state index contributed by atoms with van der Waals surface area (Å²) >= 11 is 12.1. The molecule has 1 N–H and O–H groups in total. The van der Waals surface area contributed by atoms with E-state index in [1.54, 1.807) is 24.3 Å². The van der Waals surface area contributed by atoms with Crippen LogP contribution in [0, 0.1) is 5.92 Å². The fraction of sp³-hybridized carbons (Fsp3) is 0.312. The Kier molecular flexibility index (Phi) is 4.78. The molecule has 3 rings (SSSR count). The summed E-state index contributed by atoms with van der Waals surface area (Å²) in [6.07, 6.45) is 2.86. The first-order valence-electron chi connectivity index (χ1n) is 7.49. The SMILES string of the molecule is O=C(O)C1CCCN(c2cnn(-c3ccc(Cl)cc3)c(=O)c2Cl)C1. The number of carbonyl (C=O) groups is 1. The predicted octanol–water partition coefficient (Wildman–Crippen LogP) is 2.84. The number of aliphatic carboxylic acids is 1. The van der Waals surface area contributed by atoms with Gasteiger partial charge in [-0.2, -0.15) is 9.78 Å². The fourth-order valence-corrected chi connectivity index (χ4v) is 3.18. The van der Waals surface area contributed by atoms with Gasteiger partial charge in [0.15, 0.2) is 0 Å². The minimum absolute atomic E-state index is 0.0333. The third-order valence-corrected chi connectivity index (χ3v) is 4.69. The quantitative estimate of drug-likeness (QED) is 0.902. The number of carboxylic acids is 1. The lowest BCUT2D eigenvalue weighted by Gasteiger charge is -2.32. The van der Waals surface area contributed by atoms with Gasteiger partial charge in [0.1, 0.15) is 5.02 Å². The van der Waals surface area contributed by atoms with Gasteiger partial charge in [0.05, 0.1) is 23.5 Å². The first-order valence-corrected chi connectivity index (χ1v) is 8.24. The van der Waals surface area contributed by atoms with Crippen LogP contribution in [-0.4, -0.2) is 33.9 Å². The second kappa shape index (κ2) is 6.83. The second-order valence-electron chi connectivity index (χ2n) is 5.66. The average Bonchev–Trinajstić information content (AvgIpc) is 2.58. The van der Waals surface area contributed by atoms with Crippen LogP contribution in [0.25, 0.3) is 5.69 Å². The van der Waals surface area contributed by atoms with Crippen molar-refractivity contribution in [1.29, 1.82) is 0 Å². The lowest BCUT2D eigenvalue weighted by atomic mass is 9.98. The van der Waals surface area contributed by atoms with E-state index in [9.17, 15) is 14.7 Å². The van der Waals surface area contributed by atoms with Crippen LogP contribution in [0.15, 0.2) is 35.3 Å². The number of hydrogen-bond acceptors (Lipinski definition) is 4. The number of benzene rings is 1. The van der Waals surface area contributed by atoms with Crippen molar-refractivity contribution in [2.45, 2.75) is 12.8 Å². The Labute approximate surface area is 148 Å². The molecule has 1 saturated heterocycles. The molecule has 1 aromatic heterocycles. The Morgan fingerprint density at radius 2 is 1.96 bits per heavy atom. The standard InChI is InChI=1S/C16H15Cl2N3O3/c17-11-3-5-12(6-4-11)21-15(22)14(18)13(8-19-21)20-7-1-2-10(9-20)16(23)24/h3-6,8,10H,1-2,7,9H2,(H,23,24). The van der Waals surface area contributed by atoms with E-state index in [0.717, 1.165) is 6.42 Å². The monoisotopic (exact) mass is 367 g/mol. The van der Waals surface area contributed by atoms with Crippen LogP contribution in [0.4, 0.5) is 5.69 Å². The van der Waals surface area contributed by atoms with Gasteiger partial charge >= 0.3 is 5.97 Å². The minimum atomic E-state index is -0.835. The van der Waals surface area contributed by atoms with Crippen molar-refractivity contribution in [3.8, 4) is 5.69 Å². The number of piperidine rings is 1. The molecular weight excluding hydrogens is 353 g/mol. The molecule has 0 radical (unpaired) electrons. The van der Waals surface area contributed by atoms with Crippen molar-refractivity contribution in [3.05, 3.63) is 50.9 Å². The summed E-state index contributed by atoms with van der Waals surface area (Å²) in [7, 11) is 0. The third kappa shape index (κ3) is 3.25. The maximum Gasteiger partial charge on any atom is 0.308 e. The third-order valence-electron chi connectivity index (χ3n) is 4.08. The maximum atomic E-state index is 12.5. The minimum Gasteiger partial charge on any atom is -0.481 e. The molecule has 2 aromatic rings. The number of anilines is 1. The van der Waals surface area contributed by atoms with Gasteiger partial charge in [-0.1, -0.05) is 23.2 Å². The fourth-order valence-electron chi connectivity index (χ4n) is 2.81. The van der Waals surface area contributed by atoms with E-state index >= 15 is 0 Å². The van der Waals surface area contributed by atoms with E-state index in [1.807, 2.05) is 4.90 Å². The normalized spacial score (nSPS) is 17.8. The Bertz CT molecular complexity index is 820. The van der Waals surface area contributed by atoms with E-state index in [-0.39, 0.29) is 5.02 Å². The molecule has 0 spiro atoms. The molecule has 1 aliphatic rings. The second-order valence-corrected chi connectivity index (χ2v) is 6.47. The van der Waals surface area contributed by atoms with E-state index in [4.69, 9.17) is 23.2 Å². The van der Waals surface area contributed by atoms with Crippen molar-refractivity contribution >= 4 is 34.9 Å². The first kappa shape index (κ1) is 16.8. The summed E-state index contributed by atoms with van der Waals surface area (Å²) in [5.74, 6) is -1.30. The highest BCUT2D eigenvalue weighted by Gasteiger charge is 2.27. The molecule has 0 aliphatic carbocycles. The van der Waals surface area contributed by atoms with Crippen LogP contribution in [0.2, 0.25) is 10.0 Å². The van der Waals surface area contributed by atoms with Crippen molar-refractivity contribution in [1.82, 2.24) is 9.78 Å². The van der Waals surface area contributed by atoms with Crippen molar-refractivity contribution in [2.75, 3.05) is 18.0 Å². The summed E-state index contributed by atoms with van der Waals surface area (Å²) in [5.41, 5.74) is 0.576. The molecule has 126 valence electrons. The number of halogens is 2. The molecular formula is C16H15Cl2N3O3. The maximum absolute atomic E-state index is 12.5. The van der Waals surface area contributed by atoms with Crippen LogP contribution in [0.1, 0.15) is 12.8 Å². The van der Waals surface area contributed by atoms with Crippen LogP contribution >= 0.6 is 23.2 Å². The van der Waals surface area contributed by atoms with Crippen molar-refractivity contribution in [3.63, 3.8) is 0 Å². The van der Waals surface area contributed by atoms with E-state index in [2.05, 4.69) is 5.10 Å². The number of aromatic nitrogens is 2. The molecule has 8 heteroatoms. The molecule has 1 fully saturated rings. The number of rotatable bonds is 3. The van der Waals surface area contributed by atoms with Gasteiger partial charge < -0.3 is 10.0 Å². The summed E-state index contributed by atoms with van der Waals surface area (Å²) in [6.45, 7) is 0.969. The largest absolute Gasteiger partial charge is 0.481 e. The summed E-state index contributed by atoms with van der Waals surface area (Å²) in [6, 6.07) is 6.67. The van der Waals surface area contributed by atoms with Crippen LogP contribution < -0.4 is 10.5 Å². The van der Waals surface area contributed by atoms with Crippen LogP contribution in [-0.2, 0) is 4.79 Å². The zero-order chi connectivity index (χ0) is 17.3. The van der Waals surface area contributed by atoms with Gasteiger partial charge in [0.2, 0.25) is 0 Å². The van der Waals surface area contributed by atoms with Gasteiger partial charge in [0.25, 0.3) is 5.56 Å².